The van der Waals surface area contributed by atoms with Gasteiger partial charge in [-0.2, -0.15) is 0 Å². The fourth-order valence-corrected chi connectivity index (χ4v) is 9.90. The van der Waals surface area contributed by atoms with Crippen molar-refractivity contribution in [1.82, 2.24) is 4.40 Å². The van der Waals surface area contributed by atoms with Crippen LogP contribution in [-0.2, 0) is 6.42 Å². The van der Waals surface area contributed by atoms with Gasteiger partial charge in [-0.15, -0.1) is 0 Å². The van der Waals surface area contributed by atoms with Crippen molar-refractivity contribution in [3.8, 4) is 11.1 Å². The van der Waals surface area contributed by atoms with Crippen molar-refractivity contribution in [2.24, 2.45) is 4.99 Å². The van der Waals surface area contributed by atoms with Gasteiger partial charge in [0.1, 0.15) is 5.58 Å². The number of nitrogens with zero attached hydrogens (tertiary/aromatic N) is 2. The topological polar surface area (TPSA) is 29.9 Å². The second kappa shape index (κ2) is 11.0. The van der Waals surface area contributed by atoms with Crippen LogP contribution in [0, 0.1) is 0 Å². The SMILES string of the molecule is C1=C(C2CCc3ccc4ccccc4c3-c3cc4c5ccccc5n5c6ccccc6c(c32)c45)c2c(oc3ccccc23)N=C(c2ccccc2)CC1. The molecule has 0 bridgehead atoms. The van der Waals surface area contributed by atoms with Crippen LogP contribution in [0.2, 0.25) is 0 Å². The van der Waals surface area contributed by atoms with Crippen LogP contribution in [0.15, 0.2) is 161 Å². The standard InChI is InChI=1S/C50H34N2O/c1-2-14-31(15-3-1)41-21-12-20-35(47-38-19-8-11-24-44(38)53-50(47)51-41)36-28-27-32-26-25-30-13-4-5-16-33(30)45(32)40-29-39-34-17-6-9-22-42(34)52-43-23-10-7-18-37(43)48(46(36)40)49(39)52/h1-11,13-20,22-26,29,36H,12,21,27-28H2. The van der Waals surface area contributed by atoms with Crippen molar-refractivity contribution in [2.75, 3.05) is 0 Å². The summed E-state index contributed by atoms with van der Waals surface area (Å²) in [5.41, 5.74) is 15.0. The number of aliphatic imine (C=N–C) groups is 1. The molecule has 7 aromatic carbocycles. The van der Waals surface area contributed by atoms with Gasteiger partial charge in [-0.3, -0.25) is 0 Å². The van der Waals surface area contributed by atoms with Crippen LogP contribution < -0.4 is 0 Å². The largest absolute Gasteiger partial charge is 0.438 e. The van der Waals surface area contributed by atoms with E-state index in [9.17, 15) is 0 Å². The molecule has 4 heterocycles. The van der Waals surface area contributed by atoms with E-state index in [0.29, 0.717) is 0 Å². The van der Waals surface area contributed by atoms with E-state index in [4.69, 9.17) is 9.41 Å². The Morgan fingerprint density at radius 3 is 2.19 bits per heavy atom. The molecule has 0 amide bonds. The summed E-state index contributed by atoms with van der Waals surface area (Å²) in [5.74, 6) is 0.832. The van der Waals surface area contributed by atoms with E-state index >= 15 is 0 Å². The molecule has 1 atom stereocenters. The van der Waals surface area contributed by atoms with Crippen LogP contribution in [0.5, 0.6) is 0 Å². The van der Waals surface area contributed by atoms with Crippen molar-refractivity contribution in [3.63, 3.8) is 0 Å². The predicted molar refractivity (Wildman–Crippen MR) is 221 cm³/mol. The van der Waals surface area contributed by atoms with Crippen molar-refractivity contribution in [1.29, 1.82) is 0 Å². The first-order chi connectivity index (χ1) is 26.3. The number of rotatable bonds is 2. The minimum atomic E-state index is 0.112. The number of para-hydroxylation sites is 3. The molecule has 0 saturated carbocycles. The van der Waals surface area contributed by atoms with E-state index in [0.717, 1.165) is 59.4 Å². The maximum atomic E-state index is 6.74. The Hall–Kier alpha value is -6.45. The Kier molecular flexibility index (Phi) is 6.07. The van der Waals surface area contributed by atoms with E-state index in [2.05, 4.69) is 156 Å². The molecule has 3 nitrogen and oxygen atoms in total. The molecule has 1 unspecified atom stereocenters. The maximum absolute atomic E-state index is 6.74. The molecule has 10 aromatic rings. The summed E-state index contributed by atoms with van der Waals surface area (Å²) in [6.07, 6.45) is 6.25. The van der Waals surface area contributed by atoms with Gasteiger partial charge < -0.3 is 8.82 Å². The quantitative estimate of drug-likeness (QED) is 0.179. The van der Waals surface area contributed by atoms with Gasteiger partial charge in [0.05, 0.1) is 27.8 Å². The number of benzene rings is 7. The predicted octanol–water partition coefficient (Wildman–Crippen LogP) is 13.4. The molecule has 0 N–H and O–H groups in total. The van der Waals surface area contributed by atoms with Gasteiger partial charge in [0.2, 0.25) is 5.88 Å². The lowest BCUT2D eigenvalue weighted by molar-refractivity contribution is 0.623. The van der Waals surface area contributed by atoms with Gasteiger partial charge in [0.15, 0.2) is 0 Å². The van der Waals surface area contributed by atoms with Gasteiger partial charge >= 0.3 is 0 Å². The van der Waals surface area contributed by atoms with E-state index in [1.165, 1.54) is 76.7 Å². The van der Waals surface area contributed by atoms with Gasteiger partial charge in [-0.25, -0.2) is 4.99 Å². The minimum absolute atomic E-state index is 0.112. The Morgan fingerprint density at radius 1 is 0.604 bits per heavy atom. The third kappa shape index (κ3) is 4.08. The highest BCUT2D eigenvalue weighted by atomic mass is 16.3. The average Bonchev–Trinajstić information content (AvgIpc) is 3.81. The molecule has 0 fully saturated rings. The van der Waals surface area contributed by atoms with E-state index in [-0.39, 0.29) is 5.92 Å². The molecule has 53 heavy (non-hydrogen) atoms. The smallest absolute Gasteiger partial charge is 0.227 e. The average molecular weight is 679 g/mol. The number of allylic oxidation sites excluding steroid dienone is 2. The summed E-state index contributed by atoms with van der Waals surface area (Å²) >= 11 is 0. The maximum Gasteiger partial charge on any atom is 0.227 e. The van der Waals surface area contributed by atoms with Crippen molar-refractivity contribution in [2.45, 2.75) is 31.6 Å². The summed E-state index contributed by atoms with van der Waals surface area (Å²) in [5, 5.41) is 9.06. The fourth-order valence-electron chi connectivity index (χ4n) is 9.90. The molecule has 0 radical (unpaired) electrons. The Bertz CT molecular complexity index is 3170. The Balaban J connectivity index is 1.23. The Morgan fingerprint density at radius 2 is 1.32 bits per heavy atom. The number of aryl methyl sites for hydroxylation is 1. The molecule has 0 saturated heterocycles. The minimum Gasteiger partial charge on any atom is -0.438 e. The third-order valence-corrected chi connectivity index (χ3v) is 12.1. The first-order valence-electron chi connectivity index (χ1n) is 18.9. The highest BCUT2D eigenvalue weighted by Crippen LogP contribution is 2.55. The Labute approximate surface area is 306 Å². The summed E-state index contributed by atoms with van der Waals surface area (Å²) in [7, 11) is 0. The number of furan rings is 1. The van der Waals surface area contributed by atoms with Gasteiger partial charge in [-0.05, 0) is 94.1 Å². The van der Waals surface area contributed by atoms with Crippen molar-refractivity contribution in [3.05, 3.63) is 174 Å². The molecule has 3 aromatic heterocycles. The molecule has 0 spiro atoms. The molecule has 3 heteroatoms. The molecule has 12 rings (SSSR count). The molecule has 1 aliphatic heterocycles. The number of hydrogen-bond acceptors (Lipinski definition) is 2. The molecular formula is C50H34N2O. The van der Waals surface area contributed by atoms with Crippen LogP contribution in [0.1, 0.15) is 47.4 Å². The normalized spacial score (nSPS) is 16.0. The highest BCUT2D eigenvalue weighted by molar-refractivity contribution is 6.27. The first kappa shape index (κ1) is 29.2. The van der Waals surface area contributed by atoms with Gasteiger partial charge in [0, 0.05) is 32.8 Å². The molecule has 2 aliphatic rings. The summed E-state index contributed by atoms with van der Waals surface area (Å²) in [6, 6.07) is 53.4. The first-order valence-corrected chi connectivity index (χ1v) is 18.9. The van der Waals surface area contributed by atoms with E-state index in [1.54, 1.807) is 0 Å². The van der Waals surface area contributed by atoms with E-state index < -0.39 is 0 Å². The summed E-state index contributed by atoms with van der Waals surface area (Å²) in [6.45, 7) is 0. The number of fused-ring (bicyclic) bond motifs is 15. The van der Waals surface area contributed by atoms with Crippen LogP contribution in [0.25, 0.3) is 76.5 Å². The monoisotopic (exact) mass is 678 g/mol. The van der Waals surface area contributed by atoms with Crippen LogP contribution in [0.3, 0.4) is 0 Å². The van der Waals surface area contributed by atoms with Crippen LogP contribution in [0.4, 0.5) is 5.88 Å². The van der Waals surface area contributed by atoms with Crippen LogP contribution >= 0.6 is 0 Å². The summed E-state index contributed by atoms with van der Waals surface area (Å²) < 4.78 is 9.27. The molecular weight excluding hydrogens is 645 g/mol. The number of hydrogen-bond donors (Lipinski definition) is 0. The van der Waals surface area contributed by atoms with Gasteiger partial charge in [-0.1, -0.05) is 127 Å². The van der Waals surface area contributed by atoms with Crippen molar-refractivity contribution >= 4 is 77.0 Å². The van der Waals surface area contributed by atoms with E-state index in [1.807, 2.05) is 0 Å². The zero-order valence-electron chi connectivity index (χ0n) is 29.1. The lowest BCUT2D eigenvalue weighted by atomic mass is 9.78. The lowest BCUT2D eigenvalue weighted by Crippen LogP contribution is -2.08. The second-order valence-electron chi connectivity index (χ2n) is 14.8. The lowest BCUT2D eigenvalue weighted by Gasteiger charge is -2.25. The van der Waals surface area contributed by atoms with Gasteiger partial charge in [0.25, 0.3) is 0 Å². The zero-order chi connectivity index (χ0) is 34.6. The molecule has 1 aliphatic carbocycles. The van der Waals surface area contributed by atoms with Crippen LogP contribution in [-0.4, -0.2) is 10.1 Å². The summed E-state index contributed by atoms with van der Waals surface area (Å²) in [4.78, 5) is 5.38. The number of aromatic nitrogens is 1. The fraction of sp³-hybridized carbons (Fsp3) is 0.100. The van der Waals surface area contributed by atoms with Crippen molar-refractivity contribution < 1.29 is 4.42 Å². The molecule has 250 valence electrons. The highest BCUT2D eigenvalue weighted by Gasteiger charge is 2.35. The zero-order valence-corrected chi connectivity index (χ0v) is 29.1. The third-order valence-electron chi connectivity index (χ3n) is 12.1. The second-order valence-corrected chi connectivity index (χ2v) is 14.8.